The van der Waals surface area contributed by atoms with Crippen LogP contribution in [0.4, 0.5) is 5.69 Å². The number of morpholine rings is 1. The third-order valence-electron chi connectivity index (χ3n) is 3.36. The van der Waals surface area contributed by atoms with E-state index in [0.717, 1.165) is 0 Å². The smallest absolute Gasteiger partial charge is 0.180 e. The second kappa shape index (κ2) is 6.56. The predicted octanol–water partition coefficient (Wildman–Crippen LogP) is 1.07. The van der Waals surface area contributed by atoms with Crippen LogP contribution in [0.25, 0.3) is 0 Å². The van der Waals surface area contributed by atoms with E-state index in [4.69, 9.17) is 4.74 Å². The average molecular weight is 299 g/mol. The summed E-state index contributed by atoms with van der Waals surface area (Å²) in [5, 5.41) is 9.20. The van der Waals surface area contributed by atoms with E-state index in [-0.39, 0.29) is 18.5 Å². The number of sulfone groups is 1. The lowest BCUT2D eigenvalue weighted by atomic mass is 10.2. The highest BCUT2D eigenvalue weighted by Gasteiger charge is 2.25. The number of ether oxygens (including phenoxy) is 1. The lowest BCUT2D eigenvalue weighted by Crippen LogP contribution is -2.44. The van der Waals surface area contributed by atoms with E-state index >= 15 is 0 Å². The molecule has 1 aromatic carbocycles. The largest absolute Gasteiger partial charge is 0.394 e. The third kappa shape index (κ3) is 3.31. The quantitative estimate of drug-likeness (QED) is 0.881. The third-order valence-corrected chi connectivity index (χ3v) is 5.32. The van der Waals surface area contributed by atoms with Crippen LogP contribution in [0.5, 0.6) is 0 Å². The minimum atomic E-state index is -3.26. The molecule has 0 aliphatic carbocycles. The number of hydrogen-bond acceptors (Lipinski definition) is 5. The molecule has 5 nitrogen and oxygen atoms in total. The molecule has 0 aromatic heterocycles. The summed E-state index contributed by atoms with van der Waals surface area (Å²) in [6.45, 7) is 3.44. The maximum Gasteiger partial charge on any atom is 0.180 e. The first-order valence-corrected chi connectivity index (χ1v) is 8.53. The molecule has 1 aromatic rings. The molecule has 1 aliphatic heterocycles. The van der Waals surface area contributed by atoms with Gasteiger partial charge >= 0.3 is 0 Å². The lowest BCUT2D eigenvalue weighted by Gasteiger charge is -2.34. The molecule has 1 heterocycles. The van der Waals surface area contributed by atoms with Gasteiger partial charge in [-0.2, -0.15) is 0 Å². The number of hydrogen-bond donors (Lipinski definition) is 1. The summed E-state index contributed by atoms with van der Waals surface area (Å²) in [6, 6.07) is 7.06. The molecule has 1 atom stereocenters. The van der Waals surface area contributed by atoms with Gasteiger partial charge in [-0.25, -0.2) is 8.42 Å². The van der Waals surface area contributed by atoms with Crippen molar-refractivity contribution in [2.24, 2.45) is 0 Å². The van der Waals surface area contributed by atoms with Crippen LogP contribution < -0.4 is 4.90 Å². The zero-order chi connectivity index (χ0) is 14.6. The minimum Gasteiger partial charge on any atom is -0.394 e. The number of benzene rings is 1. The first kappa shape index (κ1) is 15.3. The van der Waals surface area contributed by atoms with Crippen LogP contribution in [-0.2, 0) is 14.6 Å². The summed E-state index contributed by atoms with van der Waals surface area (Å²) in [7, 11) is -3.26. The summed E-state index contributed by atoms with van der Waals surface area (Å²) in [5.74, 6) is 0.151. The van der Waals surface area contributed by atoms with Crippen molar-refractivity contribution < 1.29 is 18.3 Å². The van der Waals surface area contributed by atoms with Crippen molar-refractivity contribution in [3.05, 3.63) is 24.3 Å². The fraction of sp³-hybridized carbons (Fsp3) is 0.571. The molecule has 1 unspecified atom stereocenters. The second-order valence-electron chi connectivity index (χ2n) is 4.91. The Kier molecular flexibility index (Phi) is 5.01. The van der Waals surface area contributed by atoms with Crippen molar-refractivity contribution in [3.63, 3.8) is 0 Å². The molecule has 112 valence electrons. The van der Waals surface area contributed by atoms with Crippen LogP contribution in [0, 0.1) is 0 Å². The van der Waals surface area contributed by atoms with Crippen molar-refractivity contribution in [2.45, 2.75) is 24.3 Å². The molecule has 0 bridgehead atoms. The number of para-hydroxylation sites is 1. The van der Waals surface area contributed by atoms with Gasteiger partial charge < -0.3 is 14.7 Å². The van der Waals surface area contributed by atoms with Gasteiger partial charge in [0.2, 0.25) is 0 Å². The Bertz CT molecular complexity index is 544. The average Bonchev–Trinajstić information content (AvgIpc) is 2.47. The highest BCUT2D eigenvalue weighted by atomic mass is 32.2. The predicted molar refractivity (Wildman–Crippen MR) is 77.8 cm³/mol. The van der Waals surface area contributed by atoms with Crippen molar-refractivity contribution in [1.29, 1.82) is 0 Å². The van der Waals surface area contributed by atoms with E-state index < -0.39 is 9.84 Å². The molecular weight excluding hydrogens is 278 g/mol. The molecule has 0 saturated carbocycles. The monoisotopic (exact) mass is 299 g/mol. The molecule has 20 heavy (non-hydrogen) atoms. The van der Waals surface area contributed by atoms with Crippen molar-refractivity contribution in [2.75, 3.05) is 37.0 Å². The van der Waals surface area contributed by atoms with E-state index in [1.54, 1.807) is 12.1 Å². The first-order chi connectivity index (χ1) is 9.58. The molecule has 6 heteroatoms. The summed E-state index contributed by atoms with van der Waals surface area (Å²) in [5.41, 5.74) is 0.711. The molecule has 1 aliphatic rings. The van der Waals surface area contributed by atoms with Crippen molar-refractivity contribution >= 4 is 15.5 Å². The van der Waals surface area contributed by atoms with Crippen LogP contribution >= 0.6 is 0 Å². The fourth-order valence-corrected chi connectivity index (χ4v) is 3.97. The number of nitrogens with zero attached hydrogens (tertiary/aromatic N) is 1. The highest BCUT2D eigenvalue weighted by Crippen LogP contribution is 2.27. The Hall–Kier alpha value is -1.11. The topological polar surface area (TPSA) is 66.8 Å². The van der Waals surface area contributed by atoms with Gasteiger partial charge in [0.25, 0.3) is 0 Å². The van der Waals surface area contributed by atoms with E-state index in [9.17, 15) is 13.5 Å². The van der Waals surface area contributed by atoms with Crippen LogP contribution in [-0.4, -0.2) is 51.7 Å². The number of anilines is 1. The van der Waals surface area contributed by atoms with Gasteiger partial charge in [0.05, 0.1) is 35.7 Å². The Labute approximate surface area is 120 Å². The summed E-state index contributed by atoms with van der Waals surface area (Å²) < 4.78 is 30.1. The summed E-state index contributed by atoms with van der Waals surface area (Å²) in [6.07, 6.45) is 0.338. The standard InChI is InChI=1S/C14H21NO4S/c1-2-9-20(17,18)14-6-4-3-5-13(14)15-7-8-19-12(10-15)11-16/h3-6,12,16H,2,7-11H2,1H3. The number of aliphatic hydroxyl groups is 1. The molecule has 1 fully saturated rings. The Balaban J connectivity index is 2.33. The normalized spacial score (nSPS) is 20.1. The molecule has 1 N–H and O–H groups in total. The highest BCUT2D eigenvalue weighted by molar-refractivity contribution is 7.91. The van der Waals surface area contributed by atoms with Gasteiger partial charge in [-0.05, 0) is 18.6 Å². The van der Waals surface area contributed by atoms with Crippen LogP contribution in [0.1, 0.15) is 13.3 Å². The lowest BCUT2D eigenvalue weighted by molar-refractivity contribution is 0.00344. The molecule has 0 amide bonds. The minimum absolute atomic E-state index is 0.0552. The maximum atomic E-state index is 12.3. The molecule has 0 radical (unpaired) electrons. The van der Waals surface area contributed by atoms with Gasteiger partial charge in [0.1, 0.15) is 0 Å². The first-order valence-electron chi connectivity index (χ1n) is 6.87. The SMILES string of the molecule is CCCS(=O)(=O)c1ccccc1N1CCOC(CO)C1. The second-order valence-corrected chi connectivity index (χ2v) is 6.99. The Morgan fingerprint density at radius 1 is 1.40 bits per heavy atom. The maximum absolute atomic E-state index is 12.3. The van der Waals surface area contributed by atoms with Crippen molar-refractivity contribution in [1.82, 2.24) is 0 Å². The summed E-state index contributed by atoms with van der Waals surface area (Å²) in [4.78, 5) is 2.35. The molecule has 1 saturated heterocycles. The van der Waals surface area contributed by atoms with Crippen LogP contribution in [0.2, 0.25) is 0 Å². The van der Waals surface area contributed by atoms with Crippen LogP contribution in [0.15, 0.2) is 29.2 Å². The summed E-state index contributed by atoms with van der Waals surface area (Å²) >= 11 is 0. The molecular formula is C14H21NO4S. The van der Waals surface area contributed by atoms with E-state index in [1.165, 1.54) is 0 Å². The Morgan fingerprint density at radius 3 is 2.85 bits per heavy atom. The molecule has 0 spiro atoms. The van der Waals surface area contributed by atoms with Gasteiger partial charge in [0.15, 0.2) is 9.84 Å². The van der Waals surface area contributed by atoms with E-state index in [1.807, 2.05) is 24.0 Å². The zero-order valence-corrected chi connectivity index (χ0v) is 12.5. The van der Waals surface area contributed by atoms with Gasteiger partial charge in [-0.3, -0.25) is 0 Å². The molecule has 2 rings (SSSR count). The van der Waals surface area contributed by atoms with E-state index in [2.05, 4.69) is 0 Å². The van der Waals surface area contributed by atoms with E-state index in [0.29, 0.717) is 36.7 Å². The Morgan fingerprint density at radius 2 is 2.15 bits per heavy atom. The van der Waals surface area contributed by atoms with Gasteiger partial charge in [0, 0.05) is 13.1 Å². The number of rotatable bonds is 5. The van der Waals surface area contributed by atoms with Gasteiger partial charge in [-0.1, -0.05) is 19.1 Å². The number of aliphatic hydroxyl groups excluding tert-OH is 1. The fourth-order valence-electron chi connectivity index (χ4n) is 2.41. The zero-order valence-electron chi connectivity index (χ0n) is 11.7. The van der Waals surface area contributed by atoms with Crippen LogP contribution in [0.3, 0.4) is 0 Å². The van der Waals surface area contributed by atoms with Gasteiger partial charge in [-0.15, -0.1) is 0 Å². The van der Waals surface area contributed by atoms with Crippen molar-refractivity contribution in [3.8, 4) is 0 Å².